The van der Waals surface area contributed by atoms with Gasteiger partial charge in [0.25, 0.3) is 0 Å². The Labute approximate surface area is 115 Å². The van der Waals surface area contributed by atoms with Gasteiger partial charge >= 0.3 is 6.09 Å². The molecule has 106 valence electrons. The number of hydrogen-bond acceptors (Lipinski definition) is 3. The molecule has 4 heteroatoms. The molecule has 0 bridgehead atoms. The van der Waals surface area contributed by atoms with Crippen LogP contribution in [0, 0.1) is 35.0 Å². The van der Waals surface area contributed by atoms with E-state index in [1.165, 1.54) is 19.3 Å². The maximum atomic E-state index is 12.0. The van der Waals surface area contributed by atoms with E-state index in [9.17, 15) is 4.79 Å². The molecule has 0 spiro atoms. The van der Waals surface area contributed by atoms with E-state index in [1.54, 1.807) is 4.90 Å². The van der Waals surface area contributed by atoms with Crippen molar-refractivity contribution in [2.75, 3.05) is 19.7 Å². The molecular weight excluding hydrogens is 240 g/mol. The lowest BCUT2D eigenvalue weighted by molar-refractivity contribution is 0.0480. The Bertz CT molecular complexity index is 358. The predicted molar refractivity (Wildman–Crippen MR) is 72.3 cm³/mol. The van der Waals surface area contributed by atoms with Crippen molar-refractivity contribution in [1.82, 2.24) is 4.90 Å². The number of carbonyl (C=O) groups is 1. The van der Waals surface area contributed by atoms with Gasteiger partial charge in [0, 0.05) is 13.1 Å². The molecule has 0 aromatic heterocycles. The Morgan fingerprint density at radius 3 is 2.68 bits per heavy atom. The molecule has 1 aliphatic carbocycles. The largest absolute Gasteiger partial charge is 0.449 e. The van der Waals surface area contributed by atoms with Gasteiger partial charge in [-0.25, -0.2) is 4.79 Å². The Morgan fingerprint density at radius 2 is 2.16 bits per heavy atom. The van der Waals surface area contributed by atoms with Crippen LogP contribution in [0.25, 0.3) is 0 Å². The highest BCUT2D eigenvalue weighted by Gasteiger charge is 2.34. The summed E-state index contributed by atoms with van der Waals surface area (Å²) in [6.07, 6.45) is 4.24. The maximum Gasteiger partial charge on any atom is 0.409 e. The minimum atomic E-state index is -0.186. The van der Waals surface area contributed by atoms with Gasteiger partial charge in [-0.05, 0) is 37.0 Å². The summed E-state index contributed by atoms with van der Waals surface area (Å²) in [5.74, 6) is 1.36. The Kier molecular flexibility index (Phi) is 4.68. The number of hydrogen-bond donors (Lipinski definition) is 0. The number of carbonyl (C=O) groups excluding carboxylic acids is 1. The van der Waals surface area contributed by atoms with Crippen molar-refractivity contribution >= 4 is 6.09 Å². The van der Waals surface area contributed by atoms with Crippen LogP contribution in [0.5, 0.6) is 0 Å². The lowest BCUT2D eigenvalue weighted by Gasteiger charge is -2.37. The summed E-state index contributed by atoms with van der Waals surface area (Å²) < 4.78 is 5.39. The molecule has 0 aromatic carbocycles. The van der Waals surface area contributed by atoms with E-state index in [4.69, 9.17) is 10.00 Å². The molecule has 2 unspecified atom stereocenters. The standard InChI is InChI=1S/C15H24N2O2/c1-11(2)14-9-17(7-6-13(14)8-16)15(18)19-10-12-4-3-5-12/h11-14H,3-7,9-10H2,1-2H3. The van der Waals surface area contributed by atoms with Gasteiger partial charge in [-0.2, -0.15) is 5.26 Å². The second-order valence-electron chi connectivity index (χ2n) is 6.25. The fourth-order valence-electron chi connectivity index (χ4n) is 2.92. The van der Waals surface area contributed by atoms with Gasteiger partial charge in [-0.15, -0.1) is 0 Å². The van der Waals surface area contributed by atoms with Gasteiger partial charge in [-0.1, -0.05) is 20.3 Å². The smallest absolute Gasteiger partial charge is 0.409 e. The summed E-state index contributed by atoms with van der Waals surface area (Å²) in [5, 5.41) is 9.17. The van der Waals surface area contributed by atoms with Crippen LogP contribution in [0.3, 0.4) is 0 Å². The monoisotopic (exact) mass is 264 g/mol. The number of nitriles is 1. The molecule has 1 heterocycles. The van der Waals surface area contributed by atoms with Crippen LogP contribution in [0.2, 0.25) is 0 Å². The molecular formula is C15H24N2O2. The number of amides is 1. The summed E-state index contributed by atoms with van der Waals surface area (Å²) in [6.45, 7) is 6.14. The second kappa shape index (κ2) is 6.27. The molecule has 2 fully saturated rings. The number of likely N-dealkylation sites (tertiary alicyclic amines) is 1. The first-order chi connectivity index (χ1) is 9.11. The predicted octanol–water partition coefficient (Wildman–Crippen LogP) is 3.04. The SMILES string of the molecule is CC(C)C1CN(C(=O)OCC2CCC2)CCC1C#N. The lowest BCUT2D eigenvalue weighted by Crippen LogP contribution is -2.45. The van der Waals surface area contributed by atoms with Crippen molar-refractivity contribution in [3.63, 3.8) is 0 Å². The van der Waals surface area contributed by atoms with Crippen LogP contribution < -0.4 is 0 Å². The van der Waals surface area contributed by atoms with E-state index in [0.717, 1.165) is 6.42 Å². The molecule has 2 rings (SSSR count). The van der Waals surface area contributed by atoms with Crippen LogP contribution in [0.4, 0.5) is 4.79 Å². The zero-order valence-corrected chi connectivity index (χ0v) is 12.0. The van der Waals surface area contributed by atoms with Gasteiger partial charge < -0.3 is 9.64 Å². The molecule has 1 aliphatic heterocycles. The summed E-state index contributed by atoms with van der Waals surface area (Å²) in [4.78, 5) is 13.8. The number of nitrogens with zero attached hydrogens (tertiary/aromatic N) is 2. The van der Waals surface area contributed by atoms with Crippen molar-refractivity contribution in [3.05, 3.63) is 0 Å². The third-order valence-electron chi connectivity index (χ3n) is 4.61. The molecule has 0 aromatic rings. The zero-order chi connectivity index (χ0) is 13.8. The van der Waals surface area contributed by atoms with Crippen molar-refractivity contribution in [1.29, 1.82) is 5.26 Å². The fraction of sp³-hybridized carbons (Fsp3) is 0.867. The van der Waals surface area contributed by atoms with E-state index in [1.807, 2.05) is 0 Å². The first-order valence-electron chi connectivity index (χ1n) is 7.43. The van der Waals surface area contributed by atoms with Crippen molar-refractivity contribution in [3.8, 4) is 6.07 Å². The van der Waals surface area contributed by atoms with Crippen LogP contribution in [0.15, 0.2) is 0 Å². The molecule has 2 aliphatic rings. The first kappa shape index (κ1) is 14.2. The highest BCUT2D eigenvalue weighted by Crippen LogP contribution is 2.30. The molecule has 2 atom stereocenters. The summed E-state index contributed by atoms with van der Waals surface area (Å²) in [6, 6.07) is 2.38. The van der Waals surface area contributed by atoms with Crippen LogP contribution in [0.1, 0.15) is 39.5 Å². The van der Waals surface area contributed by atoms with E-state index < -0.39 is 0 Å². The zero-order valence-electron chi connectivity index (χ0n) is 12.0. The van der Waals surface area contributed by atoms with Crippen molar-refractivity contribution in [2.24, 2.45) is 23.7 Å². The molecule has 0 radical (unpaired) electrons. The van der Waals surface area contributed by atoms with Gasteiger partial charge in [0.15, 0.2) is 0 Å². The molecule has 1 saturated carbocycles. The number of piperidine rings is 1. The normalized spacial score (nSPS) is 27.8. The Balaban J connectivity index is 1.83. The van der Waals surface area contributed by atoms with Crippen LogP contribution in [-0.2, 0) is 4.74 Å². The summed E-state index contributed by atoms with van der Waals surface area (Å²) >= 11 is 0. The number of rotatable bonds is 3. The first-order valence-corrected chi connectivity index (χ1v) is 7.43. The lowest BCUT2D eigenvalue weighted by atomic mass is 9.79. The van der Waals surface area contributed by atoms with E-state index >= 15 is 0 Å². The van der Waals surface area contributed by atoms with Crippen LogP contribution in [-0.4, -0.2) is 30.7 Å². The maximum absolute atomic E-state index is 12.0. The van der Waals surface area contributed by atoms with E-state index in [0.29, 0.717) is 31.5 Å². The van der Waals surface area contributed by atoms with Crippen molar-refractivity contribution < 1.29 is 9.53 Å². The fourth-order valence-corrected chi connectivity index (χ4v) is 2.92. The quantitative estimate of drug-likeness (QED) is 0.787. The van der Waals surface area contributed by atoms with Gasteiger partial charge in [0.05, 0.1) is 18.6 Å². The summed E-state index contributed by atoms with van der Waals surface area (Å²) in [7, 11) is 0. The number of ether oxygens (including phenoxy) is 1. The summed E-state index contributed by atoms with van der Waals surface area (Å²) in [5.41, 5.74) is 0. The van der Waals surface area contributed by atoms with Crippen LogP contribution >= 0.6 is 0 Å². The van der Waals surface area contributed by atoms with E-state index in [2.05, 4.69) is 19.9 Å². The Morgan fingerprint density at radius 1 is 1.42 bits per heavy atom. The minimum absolute atomic E-state index is 0.0793. The minimum Gasteiger partial charge on any atom is -0.449 e. The highest BCUT2D eigenvalue weighted by molar-refractivity contribution is 5.67. The Hall–Kier alpha value is -1.24. The molecule has 19 heavy (non-hydrogen) atoms. The molecule has 1 amide bonds. The topological polar surface area (TPSA) is 53.3 Å². The molecule has 1 saturated heterocycles. The molecule has 0 N–H and O–H groups in total. The second-order valence-corrected chi connectivity index (χ2v) is 6.25. The molecule has 4 nitrogen and oxygen atoms in total. The average Bonchev–Trinajstić information content (AvgIpc) is 2.35. The van der Waals surface area contributed by atoms with Gasteiger partial charge in [0.1, 0.15) is 0 Å². The third-order valence-corrected chi connectivity index (χ3v) is 4.61. The van der Waals surface area contributed by atoms with Crippen molar-refractivity contribution in [2.45, 2.75) is 39.5 Å². The highest BCUT2D eigenvalue weighted by atomic mass is 16.6. The average molecular weight is 264 g/mol. The third kappa shape index (κ3) is 3.40. The van der Waals surface area contributed by atoms with E-state index in [-0.39, 0.29) is 17.9 Å². The van der Waals surface area contributed by atoms with Gasteiger partial charge in [-0.3, -0.25) is 0 Å². The van der Waals surface area contributed by atoms with Gasteiger partial charge in [0.2, 0.25) is 0 Å².